The van der Waals surface area contributed by atoms with Gasteiger partial charge in [-0.15, -0.1) is 0 Å². The molecule has 0 radical (unpaired) electrons. The molecule has 0 spiro atoms. The van der Waals surface area contributed by atoms with Crippen LogP contribution < -0.4 is 10.5 Å². The summed E-state index contributed by atoms with van der Waals surface area (Å²) in [4.78, 5) is 11.3. The van der Waals surface area contributed by atoms with Crippen molar-refractivity contribution in [1.29, 1.82) is 0 Å². The summed E-state index contributed by atoms with van der Waals surface area (Å²) in [5.41, 5.74) is 6.61. The van der Waals surface area contributed by atoms with E-state index in [1.54, 1.807) is 30.3 Å². The van der Waals surface area contributed by atoms with Gasteiger partial charge >= 0.3 is 0 Å². The lowest BCUT2D eigenvalue weighted by Gasteiger charge is -2.10. The summed E-state index contributed by atoms with van der Waals surface area (Å²) in [6.45, 7) is 1.46. The summed E-state index contributed by atoms with van der Waals surface area (Å²) in [7, 11) is 0. The first kappa shape index (κ1) is 15.2. The SMILES string of the molecule is CC(=O)c1ccc(Oc2cc(Cl)c(Br)cc2Cl)cc1N. The van der Waals surface area contributed by atoms with Crippen LogP contribution in [0.4, 0.5) is 5.69 Å². The summed E-state index contributed by atoms with van der Waals surface area (Å²) in [6.07, 6.45) is 0. The molecule has 3 nitrogen and oxygen atoms in total. The Bertz CT molecular complexity index is 689. The molecule has 0 saturated heterocycles. The molecule has 0 fully saturated rings. The van der Waals surface area contributed by atoms with Gasteiger partial charge < -0.3 is 10.5 Å². The van der Waals surface area contributed by atoms with Crippen LogP contribution in [0.1, 0.15) is 17.3 Å². The van der Waals surface area contributed by atoms with E-state index in [1.165, 1.54) is 6.92 Å². The Kier molecular flexibility index (Phi) is 4.58. The number of hydrogen-bond acceptors (Lipinski definition) is 3. The molecule has 0 aliphatic carbocycles. The van der Waals surface area contributed by atoms with E-state index in [0.29, 0.717) is 37.3 Å². The van der Waals surface area contributed by atoms with Crippen LogP contribution in [-0.2, 0) is 0 Å². The smallest absolute Gasteiger partial charge is 0.161 e. The Labute approximate surface area is 134 Å². The lowest BCUT2D eigenvalue weighted by Crippen LogP contribution is -1.99. The molecule has 0 aliphatic heterocycles. The molecule has 0 heterocycles. The fraction of sp³-hybridized carbons (Fsp3) is 0.0714. The Morgan fingerprint density at radius 3 is 2.50 bits per heavy atom. The average Bonchev–Trinajstić information content (AvgIpc) is 2.35. The zero-order valence-electron chi connectivity index (χ0n) is 10.4. The molecule has 0 bridgehead atoms. The number of carbonyl (C=O) groups is 1. The van der Waals surface area contributed by atoms with Crippen LogP contribution in [0.5, 0.6) is 11.5 Å². The van der Waals surface area contributed by atoms with E-state index < -0.39 is 0 Å². The van der Waals surface area contributed by atoms with Gasteiger partial charge in [0.05, 0.1) is 10.0 Å². The number of anilines is 1. The molecule has 0 saturated carbocycles. The molecule has 0 atom stereocenters. The van der Waals surface area contributed by atoms with Gasteiger partial charge in [0.25, 0.3) is 0 Å². The van der Waals surface area contributed by atoms with Gasteiger partial charge in [-0.1, -0.05) is 23.2 Å². The van der Waals surface area contributed by atoms with Crippen LogP contribution in [0.25, 0.3) is 0 Å². The van der Waals surface area contributed by atoms with Crippen LogP contribution in [0.15, 0.2) is 34.8 Å². The number of benzene rings is 2. The first-order valence-electron chi connectivity index (χ1n) is 5.61. The third-order valence-corrected chi connectivity index (χ3v) is 4.10. The normalized spacial score (nSPS) is 10.4. The van der Waals surface area contributed by atoms with Gasteiger partial charge in [-0.2, -0.15) is 0 Å². The topological polar surface area (TPSA) is 52.3 Å². The Morgan fingerprint density at radius 2 is 1.90 bits per heavy atom. The Morgan fingerprint density at radius 1 is 1.20 bits per heavy atom. The molecule has 2 aromatic carbocycles. The zero-order chi connectivity index (χ0) is 14.9. The van der Waals surface area contributed by atoms with Gasteiger partial charge in [-0.3, -0.25) is 4.79 Å². The van der Waals surface area contributed by atoms with Gasteiger partial charge in [-0.05, 0) is 41.1 Å². The van der Waals surface area contributed by atoms with Crippen molar-refractivity contribution in [2.75, 3.05) is 5.73 Å². The zero-order valence-corrected chi connectivity index (χ0v) is 13.5. The minimum atomic E-state index is -0.0984. The first-order valence-corrected chi connectivity index (χ1v) is 7.16. The first-order chi connectivity index (χ1) is 9.38. The van der Waals surface area contributed by atoms with E-state index in [4.69, 9.17) is 33.7 Å². The molecule has 2 aromatic rings. The van der Waals surface area contributed by atoms with Gasteiger partial charge in [-0.25, -0.2) is 0 Å². The van der Waals surface area contributed by atoms with E-state index in [-0.39, 0.29) is 5.78 Å². The fourth-order valence-corrected chi connectivity index (χ4v) is 2.47. The number of ketones is 1. The number of hydrogen-bond donors (Lipinski definition) is 1. The number of halogens is 3. The van der Waals surface area contributed by atoms with Gasteiger partial charge in [0.2, 0.25) is 0 Å². The molecule has 0 unspecified atom stereocenters. The second-order valence-corrected chi connectivity index (χ2v) is 5.77. The number of ether oxygens (including phenoxy) is 1. The summed E-state index contributed by atoms with van der Waals surface area (Å²) in [5.74, 6) is 0.793. The number of rotatable bonds is 3. The summed E-state index contributed by atoms with van der Waals surface area (Å²) in [5, 5.41) is 0.896. The number of nitrogen functional groups attached to an aromatic ring is 1. The van der Waals surface area contributed by atoms with Crippen molar-refractivity contribution in [2.24, 2.45) is 0 Å². The maximum atomic E-state index is 11.3. The molecular weight excluding hydrogens is 365 g/mol. The molecule has 104 valence electrons. The predicted octanol–water partition coefficient (Wildman–Crippen LogP) is 5.33. The van der Waals surface area contributed by atoms with Crippen molar-refractivity contribution in [3.8, 4) is 11.5 Å². The van der Waals surface area contributed by atoms with E-state index in [0.717, 1.165) is 0 Å². The van der Waals surface area contributed by atoms with Gasteiger partial charge in [0.15, 0.2) is 5.78 Å². The summed E-state index contributed by atoms with van der Waals surface area (Å²) >= 11 is 15.3. The highest BCUT2D eigenvalue weighted by Gasteiger charge is 2.10. The average molecular weight is 375 g/mol. The summed E-state index contributed by atoms with van der Waals surface area (Å²) < 4.78 is 6.32. The molecule has 6 heteroatoms. The quantitative estimate of drug-likeness (QED) is 0.448. The maximum absolute atomic E-state index is 11.3. The van der Waals surface area contributed by atoms with E-state index in [9.17, 15) is 4.79 Å². The second-order valence-electron chi connectivity index (χ2n) is 4.10. The lowest BCUT2D eigenvalue weighted by molar-refractivity contribution is 0.101. The summed E-state index contributed by atoms with van der Waals surface area (Å²) in [6, 6.07) is 8.08. The second kappa shape index (κ2) is 6.04. The van der Waals surface area contributed by atoms with E-state index >= 15 is 0 Å². The monoisotopic (exact) mass is 373 g/mol. The van der Waals surface area contributed by atoms with E-state index in [1.807, 2.05) is 0 Å². The molecule has 0 amide bonds. The minimum Gasteiger partial charge on any atom is -0.456 e. The van der Waals surface area contributed by atoms with Gasteiger partial charge in [0.1, 0.15) is 11.5 Å². The molecule has 0 aromatic heterocycles. The number of carbonyl (C=O) groups excluding carboxylic acids is 1. The minimum absolute atomic E-state index is 0.0984. The predicted molar refractivity (Wildman–Crippen MR) is 85.1 cm³/mol. The van der Waals surface area contributed by atoms with Crippen molar-refractivity contribution in [2.45, 2.75) is 6.92 Å². The highest BCUT2D eigenvalue weighted by atomic mass is 79.9. The largest absolute Gasteiger partial charge is 0.456 e. The van der Waals surface area contributed by atoms with Crippen molar-refractivity contribution in [3.05, 3.63) is 50.4 Å². The highest BCUT2D eigenvalue weighted by molar-refractivity contribution is 9.10. The van der Waals surface area contributed by atoms with E-state index in [2.05, 4.69) is 15.9 Å². The van der Waals surface area contributed by atoms with Crippen LogP contribution in [0.3, 0.4) is 0 Å². The van der Waals surface area contributed by atoms with Crippen LogP contribution in [-0.4, -0.2) is 5.78 Å². The molecule has 2 rings (SSSR count). The number of nitrogens with two attached hydrogens (primary N) is 1. The highest BCUT2D eigenvalue weighted by Crippen LogP contribution is 2.37. The standard InChI is InChI=1S/C14H10BrCl2NO2/c1-7(19)9-3-2-8(4-13(9)18)20-14-6-11(16)10(15)5-12(14)17/h2-6H,18H2,1H3. The fourth-order valence-electron chi connectivity index (χ4n) is 1.63. The molecule has 2 N–H and O–H groups in total. The molecule has 20 heavy (non-hydrogen) atoms. The number of Topliss-reactive ketones (excluding diaryl/α,β-unsaturated/α-hetero) is 1. The molecular formula is C14H10BrCl2NO2. The third-order valence-electron chi connectivity index (χ3n) is 2.60. The lowest BCUT2D eigenvalue weighted by atomic mass is 10.1. The molecule has 0 aliphatic rings. The van der Waals surface area contributed by atoms with Crippen molar-refractivity contribution < 1.29 is 9.53 Å². The van der Waals surface area contributed by atoms with Crippen molar-refractivity contribution in [3.63, 3.8) is 0 Å². The van der Waals surface area contributed by atoms with Crippen molar-refractivity contribution in [1.82, 2.24) is 0 Å². The maximum Gasteiger partial charge on any atom is 0.161 e. The Balaban J connectivity index is 2.33. The van der Waals surface area contributed by atoms with Crippen LogP contribution in [0.2, 0.25) is 10.0 Å². The van der Waals surface area contributed by atoms with Crippen molar-refractivity contribution >= 4 is 50.6 Å². The Hall–Kier alpha value is -1.23. The third kappa shape index (κ3) is 3.26. The van der Waals surface area contributed by atoms with Crippen LogP contribution >= 0.6 is 39.1 Å². The van der Waals surface area contributed by atoms with Crippen LogP contribution in [0, 0.1) is 0 Å². The van der Waals surface area contributed by atoms with Gasteiger partial charge in [0, 0.05) is 27.9 Å².